The number of benzene rings is 1. The van der Waals surface area contributed by atoms with Gasteiger partial charge in [-0.2, -0.15) is 0 Å². The molecule has 0 aliphatic rings. The number of furan rings is 1. The Kier molecular flexibility index (Phi) is 4.69. The Morgan fingerprint density at radius 2 is 1.90 bits per heavy atom. The summed E-state index contributed by atoms with van der Waals surface area (Å²) in [4.78, 5) is 0.283. The van der Waals surface area contributed by atoms with Gasteiger partial charge in [-0.25, -0.2) is 8.42 Å². The SMILES string of the molecule is CNCc1cc(COc2ccc(S(C)(=O)=O)cc2)c(C)o1. The zero-order valence-corrected chi connectivity index (χ0v) is 13.2. The van der Waals surface area contributed by atoms with Crippen LogP contribution in [0.2, 0.25) is 0 Å². The van der Waals surface area contributed by atoms with Crippen molar-refractivity contribution in [3.8, 4) is 5.75 Å². The topological polar surface area (TPSA) is 68.5 Å². The fourth-order valence-electron chi connectivity index (χ4n) is 1.94. The first-order valence-corrected chi connectivity index (χ1v) is 8.45. The molecule has 0 amide bonds. The van der Waals surface area contributed by atoms with Crippen molar-refractivity contribution < 1.29 is 17.6 Å². The molecule has 0 aliphatic carbocycles. The van der Waals surface area contributed by atoms with Crippen molar-refractivity contribution in [3.63, 3.8) is 0 Å². The van der Waals surface area contributed by atoms with Crippen LogP contribution in [0.3, 0.4) is 0 Å². The van der Waals surface area contributed by atoms with Gasteiger partial charge in [-0.3, -0.25) is 0 Å². The lowest BCUT2D eigenvalue weighted by Gasteiger charge is -2.06. The number of rotatable bonds is 6. The summed E-state index contributed by atoms with van der Waals surface area (Å²) in [6.45, 7) is 2.95. The minimum atomic E-state index is -3.17. The van der Waals surface area contributed by atoms with Gasteiger partial charge in [0.05, 0.1) is 11.4 Å². The van der Waals surface area contributed by atoms with Gasteiger partial charge < -0.3 is 14.5 Å². The fourth-order valence-corrected chi connectivity index (χ4v) is 2.57. The Bertz CT molecular complexity index is 702. The highest BCUT2D eigenvalue weighted by Crippen LogP contribution is 2.20. The van der Waals surface area contributed by atoms with Crippen molar-refractivity contribution in [2.24, 2.45) is 0 Å². The van der Waals surface area contributed by atoms with Crippen LogP contribution in [-0.2, 0) is 23.0 Å². The Balaban J connectivity index is 2.03. The number of hydrogen-bond donors (Lipinski definition) is 1. The van der Waals surface area contributed by atoms with Crippen molar-refractivity contribution in [2.45, 2.75) is 25.0 Å². The highest BCUT2D eigenvalue weighted by Gasteiger charge is 2.09. The summed E-state index contributed by atoms with van der Waals surface area (Å²) in [6, 6.07) is 8.34. The molecule has 0 saturated heterocycles. The lowest BCUT2D eigenvalue weighted by atomic mass is 10.2. The summed E-state index contributed by atoms with van der Waals surface area (Å²) >= 11 is 0. The van der Waals surface area contributed by atoms with E-state index in [9.17, 15) is 8.42 Å². The van der Waals surface area contributed by atoms with Crippen molar-refractivity contribution in [2.75, 3.05) is 13.3 Å². The number of sulfone groups is 1. The van der Waals surface area contributed by atoms with Crippen LogP contribution < -0.4 is 10.1 Å². The third kappa shape index (κ3) is 4.09. The highest BCUT2D eigenvalue weighted by atomic mass is 32.2. The van der Waals surface area contributed by atoms with E-state index in [0.717, 1.165) is 17.1 Å². The van der Waals surface area contributed by atoms with E-state index < -0.39 is 9.84 Å². The molecule has 0 bridgehead atoms. The molecule has 0 radical (unpaired) electrons. The van der Waals surface area contributed by atoms with Crippen LogP contribution in [0.15, 0.2) is 39.6 Å². The average molecular weight is 309 g/mol. The van der Waals surface area contributed by atoms with E-state index in [4.69, 9.17) is 9.15 Å². The van der Waals surface area contributed by atoms with E-state index in [0.29, 0.717) is 18.9 Å². The first kappa shape index (κ1) is 15.6. The molecule has 5 nitrogen and oxygen atoms in total. The number of nitrogens with one attached hydrogen (secondary N) is 1. The van der Waals surface area contributed by atoms with Gasteiger partial charge in [0, 0.05) is 11.8 Å². The Morgan fingerprint density at radius 3 is 2.48 bits per heavy atom. The smallest absolute Gasteiger partial charge is 0.175 e. The van der Waals surface area contributed by atoms with Gasteiger partial charge in [-0.1, -0.05) is 0 Å². The number of aryl methyl sites for hydroxylation is 1. The molecule has 0 saturated carbocycles. The van der Waals surface area contributed by atoms with E-state index in [1.807, 2.05) is 20.0 Å². The molecule has 114 valence electrons. The summed E-state index contributed by atoms with van der Waals surface area (Å²) in [5, 5.41) is 3.03. The second kappa shape index (κ2) is 6.32. The standard InChI is InChI=1S/C15H19NO4S/c1-11-12(8-14(20-11)9-16-2)10-19-13-4-6-15(7-5-13)21(3,17)18/h4-8,16H,9-10H2,1-3H3. The van der Waals surface area contributed by atoms with Crippen LogP contribution in [0.25, 0.3) is 0 Å². The van der Waals surface area contributed by atoms with Crippen LogP contribution in [0.1, 0.15) is 17.1 Å². The second-order valence-corrected chi connectivity index (χ2v) is 6.87. The molecule has 1 aromatic heterocycles. The second-order valence-electron chi connectivity index (χ2n) is 4.86. The van der Waals surface area contributed by atoms with Crippen molar-refractivity contribution in [1.29, 1.82) is 0 Å². The van der Waals surface area contributed by atoms with E-state index in [-0.39, 0.29) is 4.90 Å². The number of hydrogen-bond acceptors (Lipinski definition) is 5. The maximum Gasteiger partial charge on any atom is 0.175 e. The lowest BCUT2D eigenvalue weighted by Crippen LogP contribution is -2.03. The molecule has 1 heterocycles. The molecule has 1 N–H and O–H groups in total. The van der Waals surface area contributed by atoms with Gasteiger partial charge in [0.2, 0.25) is 0 Å². The normalized spacial score (nSPS) is 11.6. The van der Waals surface area contributed by atoms with Crippen molar-refractivity contribution in [3.05, 3.63) is 47.4 Å². The largest absolute Gasteiger partial charge is 0.489 e. The quantitative estimate of drug-likeness (QED) is 0.886. The molecule has 0 fully saturated rings. The van der Waals surface area contributed by atoms with Crippen LogP contribution in [0.4, 0.5) is 0 Å². The zero-order chi connectivity index (χ0) is 15.5. The summed E-state index contributed by atoms with van der Waals surface area (Å²) in [5.74, 6) is 2.31. The minimum absolute atomic E-state index is 0.283. The van der Waals surface area contributed by atoms with Crippen LogP contribution in [0, 0.1) is 6.92 Å². The Morgan fingerprint density at radius 1 is 1.24 bits per heavy atom. The predicted molar refractivity (Wildman–Crippen MR) is 80.1 cm³/mol. The molecular formula is C15H19NO4S. The Hall–Kier alpha value is -1.79. The van der Waals surface area contributed by atoms with Gasteiger partial charge in [0.25, 0.3) is 0 Å². The maximum atomic E-state index is 11.4. The predicted octanol–water partition coefficient (Wildman–Crippen LogP) is 2.29. The van der Waals surface area contributed by atoms with Crippen molar-refractivity contribution >= 4 is 9.84 Å². The van der Waals surface area contributed by atoms with Crippen molar-refractivity contribution in [1.82, 2.24) is 5.32 Å². The summed E-state index contributed by atoms with van der Waals surface area (Å²) in [6.07, 6.45) is 1.18. The van der Waals surface area contributed by atoms with Gasteiger partial charge in [-0.15, -0.1) is 0 Å². The van der Waals surface area contributed by atoms with Crippen LogP contribution in [-0.4, -0.2) is 21.7 Å². The highest BCUT2D eigenvalue weighted by molar-refractivity contribution is 7.90. The summed E-state index contributed by atoms with van der Waals surface area (Å²) in [5.41, 5.74) is 0.979. The molecule has 0 unspecified atom stereocenters. The summed E-state index contributed by atoms with van der Waals surface area (Å²) in [7, 11) is -1.32. The number of ether oxygens (including phenoxy) is 1. The van der Waals surface area contributed by atoms with E-state index in [1.165, 1.54) is 6.26 Å². The van der Waals surface area contributed by atoms with Gasteiger partial charge in [0.1, 0.15) is 23.9 Å². The van der Waals surface area contributed by atoms with Gasteiger partial charge >= 0.3 is 0 Å². The molecule has 0 atom stereocenters. The zero-order valence-electron chi connectivity index (χ0n) is 12.3. The molecular weight excluding hydrogens is 290 g/mol. The monoisotopic (exact) mass is 309 g/mol. The van der Waals surface area contributed by atoms with E-state index in [1.54, 1.807) is 24.3 Å². The van der Waals surface area contributed by atoms with Gasteiger partial charge in [0.15, 0.2) is 9.84 Å². The fraction of sp³-hybridized carbons (Fsp3) is 0.333. The summed E-state index contributed by atoms with van der Waals surface area (Å²) < 4.78 is 34.0. The minimum Gasteiger partial charge on any atom is -0.489 e. The first-order valence-electron chi connectivity index (χ1n) is 6.56. The molecule has 6 heteroatoms. The molecule has 21 heavy (non-hydrogen) atoms. The van der Waals surface area contributed by atoms with Gasteiger partial charge in [-0.05, 0) is 44.3 Å². The lowest BCUT2D eigenvalue weighted by molar-refractivity contribution is 0.303. The molecule has 2 aromatic rings. The maximum absolute atomic E-state index is 11.4. The first-order chi connectivity index (χ1) is 9.90. The molecule has 0 spiro atoms. The van der Waals surface area contributed by atoms with E-state index in [2.05, 4.69) is 5.32 Å². The molecule has 0 aliphatic heterocycles. The average Bonchev–Trinajstić information content (AvgIpc) is 2.76. The van der Waals surface area contributed by atoms with Crippen LogP contribution in [0.5, 0.6) is 5.75 Å². The Labute approximate surface area is 124 Å². The van der Waals surface area contributed by atoms with E-state index >= 15 is 0 Å². The third-order valence-electron chi connectivity index (χ3n) is 3.07. The molecule has 2 rings (SSSR count). The molecule has 1 aromatic carbocycles. The third-order valence-corrected chi connectivity index (χ3v) is 4.20. The van der Waals surface area contributed by atoms with Crippen LogP contribution >= 0.6 is 0 Å².